The molecule has 0 aliphatic carbocycles. The summed E-state index contributed by atoms with van der Waals surface area (Å²) in [6.45, 7) is 5.76. The van der Waals surface area contributed by atoms with Gasteiger partial charge in [0.2, 0.25) is 5.91 Å². The molecule has 0 radical (unpaired) electrons. The second kappa shape index (κ2) is 6.77. The van der Waals surface area contributed by atoms with Gasteiger partial charge in [0.15, 0.2) is 0 Å². The number of aryl methyl sites for hydroxylation is 2. The van der Waals surface area contributed by atoms with Gasteiger partial charge in [-0.05, 0) is 32.3 Å². The Balaban J connectivity index is 1.82. The minimum Gasteiger partial charge on any atom is -0.381 e. The molecular weight excluding hydrogens is 302 g/mol. The summed E-state index contributed by atoms with van der Waals surface area (Å²) in [4.78, 5) is 13.1. The van der Waals surface area contributed by atoms with E-state index in [9.17, 15) is 4.79 Å². The Morgan fingerprint density at radius 2 is 1.92 bits per heavy atom. The van der Waals surface area contributed by atoms with Crippen molar-refractivity contribution in [1.82, 2.24) is 15.1 Å². The Morgan fingerprint density at radius 3 is 2.50 bits per heavy atom. The van der Waals surface area contributed by atoms with E-state index in [1.54, 1.807) is 0 Å². The molecule has 1 aliphatic heterocycles. The van der Waals surface area contributed by atoms with Crippen LogP contribution in [0.1, 0.15) is 35.4 Å². The van der Waals surface area contributed by atoms with Crippen molar-refractivity contribution in [2.45, 2.75) is 38.6 Å². The molecule has 1 aliphatic rings. The Kier molecular flexibility index (Phi) is 4.71. The average Bonchev–Trinajstić information content (AvgIpc) is 2.86. The van der Waals surface area contributed by atoms with Gasteiger partial charge in [0, 0.05) is 38.1 Å². The first kappa shape index (κ1) is 16.7. The normalized spacial score (nSPS) is 16.8. The summed E-state index contributed by atoms with van der Waals surface area (Å²) in [7, 11) is 1.93. The molecule has 0 unspecified atom stereocenters. The summed E-state index contributed by atoms with van der Waals surface area (Å²) in [5, 5.41) is 7.58. The number of nitrogens with zero attached hydrogens (tertiary/aromatic N) is 2. The van der Waals surface area contributed by atoms with E-state index in [4.69, 9.17) is 4.74 Å². The molecule has 5 nitrogen and oxygen atoms in total. The average molecular weight is 327 g/mol. The molecule has 2 heterocycles. The van der Waals surface area contributed by atoms with Crippen molar-refractivity contribution in [2.24, 2.45) is 7.05 Å². The molecular formula is C19H25N3O2. The number of aromatic nitrogens is 2. The van der Waals surface area contributed by atoms with Gasteiger partial charge >= 0.3 is 0 Å². The number of benzene rings is 1. The lowest BCUT2D eigenvalue weighted by atomic mass is 9.73. The van der Waals surface area contributed by atoms with Crippen LogP contribution in [0.2, 0.25) is 0 Å². The minimum absolute atomic E-state index is 0.0830. The fraction of sp³-hybridized carbons (Fsp3) is 0.474. The van der Waals surface area contributed by atoms with Crippen molar-refractivity contribution in [1.29, 1.82) is 0 Å². The summed E-state index contributed by atoms with van der Waals surface area (Å²) < 4.78 is 7.37. The molecule has 0 atom stereocenters. The number of rotatable bonds is 4. The number of hydrogen-bond donors (Lipinski definition) is 1. The maximum absolute atomic E-state index is 13.1. The maximum Gasteiger partial charge on any atom is 0.231 e. The Bertz CT molecular complexity index is 716. The molecule has 1 amide bonds. The lowest BCUT2D eigenvalue weighted by Crippen LogP contribution is -2.47. The molecule has 5 heteroatoms. The molecule has 0 saturated carbocycles. The van der Waals surface area contributed by atoms with Crippen LogP contribution in [0.5, 0.6) is 0 Å². The van der Waals surface area contributed by atoms with Crippen molar-refractivity contribution < 1.29 is 9.53 Å². The number of carbonyl (C=O) groups excluding carboxylic acids is 1. The summed E-state index contributed by atoms with van der Waals surface area (Å²) in [6, 6.07) is 10.1. The van der Waals surface area contributed by atoms with Crippen molar-refractivity contribution in [3.63, 3.8) is 0 Å². The van der Waals surface area contributed by atoms with E-state index in [2.05, 4.69) is 10.4 Å². The zero-order valence-corrected chi connectivity index (χ0v) is 14.6. The number of ether oxygens (including phenoxy) is 1. The van der Waals surface area contributed by atoms with Crippen LogP contribution in [0.4, 0.5) is 0 Å². The molecule has 1 aromatic heterocycles. The van der Waals surface area contributed by atoms with E-state index in [0.29, 0.717) is 32.6 Å². The molecule has 128 valence electrons. The standard InChI is InChI=1S/C19H25N3O2/c1-14-17(15(2)22(3)21-14)13-20-18(23)19(9-11-24-12-10-19)16-7-5-4-6-8-16/h4-8H,9-13H2,1-3H3,(H,20,23). The maximum atomic E-state index is 13.1. The molecule has 0 spiro atoms. The van der Waals surface area contributed by atoms with Crippen LogP contribution < -0.4 is 5.32 Å². The van der Waals surface area contributed by atoms with Crippen LogP contribution in [0, 0.1) is 13.8 Å². The van der Waals surface area contributed by atoms with E-state index in [1.807, 2.05) is 55.9 Å². The Morgan fingerprint density at radius 1 is 1.25 bits per heavy atom. The fourth-order valence-electron chi connectivity index (χ4n) is 3.54. The van der Waals surface area contributed by atoms with Crippen molar-refractivity contribution >= 4 is 5.91 Å². The van der Waals surface area contributed by atoms with Crippen LogP contribution in [-0.2, 0) is 28.5 Å². The first-order valence-electron chi connectivity index (χ1n) is 8.45. The highest BCUT2D eigenvalue weighted by Gasteiger charge is 2.41. The summed E-state index contributed by atoms with van der Waals surface area (Å²) in [6.07, 6.45) is 1.43. The second-order valence-corrected chi connectivity index (χ2v) is 6.52. The summed E-state index contributed by atoms with van der Waals surface area (Å²) >= 11 is 0. The molecule has 0 bridgehead atoms. The topological polar surface area (TPSA) is 56.2 Å². The molecule has 1 aromatic carbocycles. The molecule has 1 saturated heterocycles. The molecule has 1 N–H and O–H groups in total. The number of carbonyl (C=O) groups is 1. The van der Waals surface area contributed by atoms with Crippen LogP contribution in [0.3, 0.4) is 0 Å². The first-order chi connectivity index (χ1) is 11.5. The van der Waals surface area contributed by atoms with Gasteiger partial charge in [0.05, 0.1) is 11.1 Å². The molecule has 2 aromatic rings. The lowest BCUT2D eigenvalue weighted by molar-refractivity contribution is -0.130. The highest BCUT2D eigenvalue weighted by atomic mass is 16.5. The number of nitrogens with one attached hydrogen (secondary N) is 1. The Labute approximate surface area is 143 Å². The minimum atomic E-state index is -0.496. The van der Waals surface area contributed by atoms with Crippen LogP contribution in [0.15, 0.2) is 30.3 Å². The lowest BCUT2D eigenvalue weighted by Gasteiger charge is -2.36. The van der Waals surface area contributed by atoms with E-state index >= 15 is 0 Å². The van der Waals surface area contributed by atoms with E-state index in [0.717, 1.165) is 22.5 Å². The Hall–Kier alpha value is -2.14. The predicted molar refractivity (Wildman–Crippen MR) is 92.7 cm³/mol. The van der Waals surface area contributed by atoms with Gasteiger partial charge in [-0.15, -0.1) is 0 Å². The number of amides is 1. The van der Waals surface area contributed by atoms with Gasteiger partial charge in [-0.3, -0.25) is 9.48 Å². The predicted octanol–water partition coefficient (Wildman–Crippen LogP) is 2.40. The summed E-state index contributed by atoms with van der Waals surface area (Å²) in [5.41, 5.74) is 3.74. The van der Waals surface area contributed by atoms with E-state index in [1.165, 1.54) is 0 Å². The highest BCUT2D eigenvalue weighted by molar-refractivity contribution is 5.88. The van der Waals surface area contributed by atoms with Gasteiger partial charge in [-0.1, -0.05) is 30.3 Å². The van der Waals surface area contributed by atoms with Gasteiger partial charge in [0.25, 0.3) is 0 Å². The SMILES string of the molecule is Cc1nn(C)c(C)c1CNC(=O)C1(c2ccccc2)CCOCC1. The fourth-order valence-corrected chi connectivity index (χ4v) is 3.54. The third kappa shape index (κ3) is 2.96. The smallest absolute Gasteiger partial charge is 0.231 e. The van der Waals surface area contributed by atoms with Gasteiger partial charge in [-0.2, -0.15) is 5.10 Å². The van der Waals surface area contributed by atoms with Crippen LogP contribution in [0.25, 0.3) is 0 Å². The first-order valence-corrected chi connectivity index (χ1v) is 8.45. The van der Waals surface area contributed by atoms with Crippen LogP contribution in [-0.4, -0.2) is 28.9 Å². The highest BCUT2D eigenvalue weighted by Crippen LogP contribution is 2.35. The number of hydrogen-bond acceptors (Lipinski definition) is 3. The monoisotopic (exact) mass is 327 g/mol. The van der Waals surface area contributed by atoms with Crippen molar-refractivity contribution in [2.75, 3.05) is 13.2 Å². The largest absolute Gasteiger partial charge is 0.381 e. The van der Waals surface area contributed by atoms with Gasteiger partial charge < -0.3 is 10.1 Å². The third-order valence-electron chi connectivity index (χ3n) is 5.19. The zero-order valence-electron chi connectivity index (χ0n) is 14.6. The third-order valence-corrected chi connectivity index (χ3v) is 5.19. The second-order valence-electron chi connectivity index (χ2n) is 6.52. The zero-order chi connectivity index (χ0) is 17.2. The molecule has 1 fully saturated rings. The van der Waals surface area contributed by atoms with Gasteiger partial charge in [0.1, 0.15) is 0 Å². The van der Waals surface area contributed by atoms with Crippen molar-refractivity contribution in [3.8, 4) is 0 Å². The van der Waals surface area contributed by atoms with Crippen LogP contribution >= 0.6 is 0 Å². The van der Waals surface area contributed by atoms with E-state index < -0.39 is 5.41 Å². The quantitative estimate of drug-likeness (QED) is 0.938. The summed E-state index contributed by atoms with van der Waals surface area (Å²) in [5.74, 6) is 0.0830. The van der Waals surface area contributed by atoms with Crippen molar-refractivity contribution in [3.05, 3.63) is 52.8 Å². The molecule has 3 rings (SSSR count). The molecule has 24 heavy (non-hydrogen) atoms. The van der Waals surface area contributed by atoms with E-state index in [-0.39, 0.29) is 5.91 Å². The van der Waals surface area contributed by atoms with Gasteiger partial charge in [-0.25, -0.2) is 0 Å².